The van der Waals surface area contributed by atoms with Crippen molar-refractivity contribution in [3.8, 4) is 5.75 Å². The Balaban J connectivity index is 2.79. The van der Waals surface area contributed by atoms with Gasteiger partial charge in [-0.3, -0.25) is 0 Å². The van der Waals surface area contributed by atoms with Gasteiger partial charge < -0.3 is 10.1 Å². The Hall–Kier alpha value is -1.28. The molecule has 18 heavy (non-hydrogen) atoms. The molecule has 0 radical (unpaired) electrons. The minimum Gasteiger partial charge on any atom is -0.494 e. The maximum absolute atomic E-state index is 5.71. The van der Waals surface area contributed by atoms with E-state index in [0.717, 1.165) is 31.6 Å². The second-order valence-corrected chi connectivity index (χ2v) is 4.30. The molecule has 2 heteroatoms. The van der Waals surface area contributed by atoms with Crippen LogP contribution in [-0.2, 0) is 0 Å². The molecule has 1 atom stereocenters. The standard InChI is InChI=1S/C16H25NO/c1-4-7-8-12-15(17-5-2)14-11-9-10-13-16(14)18-6-3/h4,9-11,13,15,17H,1,5-8,12H2,2-3H3. The van der Waals surface area contributed by atoms with E-state index in [2.05, 4.69) is 37.0 Å². The van der Waals surface area contributed by atoms with Crippen LogP contribution in [0.1, 0.15) is 44.7 Å². The zero-order chi connectivity index (χ0) is 13.2. The maximum atomic E-state index is 5.71. The summed E-state index contributed by atoms with van der Waals surface area (Å²) in [5.41, 5.74) is 1.27. The molecule has 0 aromatic heterocycles. The van der Waals surface area contributed by atoms with E-state index >= 15 is 0 Å². The van der Waals surface area contributed by atoms with E-state index in [4.69, 9.17) is 4.74 Å². The van der Waals surface area contributed by atoms with Crippen molar-refractivity contribution in [2.75, 3.05) is 13.2 Å². The Morgan fingerprint density at radius 3 is 2.78 bits per heavy atom. The Morgan fingerprint density at radius 2 is 2.11 bits per heavy atom. The van der Waals surface area contributed by atoms with Gasteiger partial charge in [0.1, 0.15) is 5.75 Å². The Kier molecular flexibility index (Phi) is 7.19. The quantitative estimate of drug-likeness (QED) is 0.524. The summed E-state index contributed by atoms with van der Waals surface area (Å²) in [5, 5.41) is 3.54. The molecule has 0 saturated heterocycles. The fourth-order valence-electron chi connectivity index (χ4n) is 2.14. The molecule has 2 nitrogen and oxygen atoms in total. The highest BCUT2D eigenvalue weighted by Gasteiger charge is 2.14. The van der Waals surface area contributed by atoms with Crippen LogP contribution in [0.25, 0.3) is 0 Å². The van der Waals surface area contributed by atoms with E-state index in [1.165, 1.54) is 5.56 Å². The second-order valence-electron chi connectivity index (χ2n) is 4.30. The van der Waals surface area contributed by atoms with E-state index in [1.807, 2.05) is 19.1 Å². The number of para-hydroxylation sites is 1. The van der Waals surface area contributed by atoms with E-state index < -0.39 is 0 Å². The highest BCUT2D eigenvalue weighted by Crippen LogP contribution is 2.28. The van der Waals surface area contributed by atoms with Crippen LogP contribution in [0.5, 0.6) is 5.75 Å². The Morgan fingerprint density at radius 1 is 1.33 bits per heavy atom. The molecular formula is C16H25NO. The van der Waals surface area contributed by atoms with Crippen LogP contribution in [0.15, 0.2) is 36.9 Å². The molecule has 0 heterocycles. The van der Waals surface area contributed by atoms with Crippen molar-refractivity contribution in [3.63, 3.8) is 0 Å². The summed E-state index contributed by atoms with van der Waals surface area (Å²) in [7, 11) is 0. The van der Waals surface area contributed by atoms with Gasteiger partial charge in [-0.05, 0) is 38.8 Å². The van der Waals surface area contributed by atoms with Gasteiger partial charge in [-0.15, -0.1) is 6.58 Å². The van der Waals surface area contributed by atoms with Gasteiger partial charge >= 0.3 is 0 Å². The first kappa shape index (κ1) is 14.8. The molecule has 0 spiro atoms. The second kappa shape index (κ2) is 8.76. The molecule has 1 unspecified atom stereocenters. The summed E-state index contributed by atoms with van der Waals surface area (Å²) in [4.78, 5) is 0. The topological polar surface area (TPSA) is 21.3 Å². The van der Waals surface area contributed by atoms with Crippen molar-refractivity contribution in [1.82, 2.24) is 5.32 Å². The molecule has 0 aliphatic rings. The Labute approximate surface area is 111 Å². The van der Waals surface area contributed by atoms with Crippen LogP contribution < -0.4 is 10.1 Å². The molecule has 0 saturated carbocycles. The van der Waals surface area contributed by atoms with Gasteiger partial charge in [0.2, 0.25) is 0 Å². The summed E-state index contributed by atoms with van der Waals surface area (Å²) in [6.45, 7) is 9.63. The molecule has 0 fully saturated rings. The average molecular weight is 247 g/mol. The normalized spacial score (nSPS) is 12.1. The number of benzene rings is 1. The van der Waals surface area contributed by atoms with Crippen LogP contribution in [0, 0.1) is 0 Å². The molecule has 0 aliphatic carbocycles. The van der Waals surface area contributed by atoms with Gasteiger partial charge in [0, 0.05) is 11.6 Å². The summed E-state index contributed by atoms with van der Waals surface area (Å²) >= 11 is 0. The lowest BCUT2D eigenvalue weighted by Crippen LogP contribution is -2.21. The lowest BCUT2D eigenvalue weighted by Gasteiger charge is -2.21. The first-order chi connectivity index (χ1) is 8.83. The number of hydrogen-bond acceptors (Lipinski definition) is 2. The lowest BCUT2D eigenvalue weighted by atomic mass is 10.00. The minimum atomic E-state index is 0.373. The van der Waals surface area contributed by atoms with Gasteiger partial charge in [0.15, 0.2) is 0 Å². The molecule has 0 aliphatic heterocycles. The van der Waals surface area contributed by atoms with Gasteiger partial charge in [-0.2, -0.15) is 0 Å². The van der Waals surface area contributed by atoms with Crippen molar-refractivity contribution in [3.05, 3.63) is 42.5 Å². The Bertz CT molecular complexity index is 349. The molecule has 1 aromatic rings. The predicted octanol–water partition coefficient (Wildman–Crippen LogP) is 4.09. The highest BCUT2D eigenvalue weighted by molar-refractivity contribution is 5.36. The monoisotopic (exact) mass is 247 g/mol. The lowest BCUT2D eigenvalue weighted by molar-refractivity contribution is 0.329. The third kappa shape index (κ3) is 4.53. The molecule has 1 rings (SSSR count). The van der Waals surface area contributed by atoms with Crippen LogP contribution in [-0.4, -0.2) is 13.2 Å². The summed E-state index contributed by atoms with van der Waals surface area (Å²) in [6, 6.07) is 8.69. The molecule has 1 N–H and O–H groups in total. The van der Waals surface area contributed by atoms with Crippen molar-refractivity contribution >= 4 is 0 Å². The van der Waals surface area contributed by atoms with Gasteiger partial charge in [-0.1, -0.05) is 31.2 Å². The number of ether oxygens (including phenoxy) is 1. The molecule has 1 aromatic carbocycles. The van der Waals surface area contributed by atoms with E-state index in [9.17, 15) is 0 Å². The number of hydrogen-bond donors (Lipinski definition) is 1. The molecule has 0 amide bonds. The number of unbranched alkanes of at least 4 members (excludes halogenated alkanes) is 1. The van der Waals surface area contributed by atoms with Crippen LogP contribution in [0.4, 0.5) is 0 Å². The summed E-state index contributed by atoms with van der Waals surface area (Å²) in [5.74, 6) is 1.00. The van der Waals surface area contributed by atoms with Crippen LogP contribution in [0.3, 0.4) is 0 Å². The van der Waals surface area contributed by atoms with Crippen LogP contribution in [0.2, 0.25) is 0 Å². The highest BCUT2D eigenvalue weighted by atomic mass is 16.5. The van der Waals surface area contributed by atoms with Gasteiger partial charge in [-0.25, -0.2) is 0 Å². The largest absolute Gasteiger partial charge is 0.494 e. The average Bonchev–Trinajstić information content (AvgIpc) is 2.39. The van der Waals surface area contributed by atoms with Crippen molar-refractivity contribution in [2.24, 2.45) is 0 Å². The number of rotatable bonds is 9. The van der Waals surface area contributed by atoms with E-state index in [-0.39, 0.29) is 0 Å². The smallest absolute Gasteiger partial charge is 0.124 e. The third-order valence-corrected chi connectivity index (χ3v) is 2.95. The fraction of sp³-hybridized carbons (Fsp3) is 0.500. The molecule has 100 valence electrons. The van der Waals surface area contributed by atoms with Crippen molar-refractivity contribution < 1.29 is 4.74 Å². The summed E-state index contributed by atoms with van der Waals surface area (Å²) < 4.78 is 5.71. The van der Waals surface area contributed by atoms with E-state index in [0.29, 0.717) is 12.6 Å². The minimum absolute atomic E-state index is 0.373. The predicted molar refractivity (Wildman–Crippen MR) is 78.1 cm³/mol. The van der Waals surface area contributed by atoms with Crippen molar-refractivity contribution in [1.29, 1.82) is 0 Å². The number of allylic oxidation sites excluding steroid dienone is 1. The van der Waals surface area contributed by atoms with Crippen molar-refractivity contribution in [2.45, 2.75) is 39.2 Å². The SMILES string of the molecule is C=CCCCC(NCC)c1ccccc1OCC. The zero-order valence-corrected chi connectivity index (χ0v) is 11.6. The zero-order valence-electron chi connectivity index (χ0n) is 11.6. The van der Waals surface area contributed by atoms with E-state index in [1.54, 1.807) is 0 Å². The fourth-order valence-corrected chi connectivity index (χ4v) is 2.14. The maximum Gasteiger partial charge on any atom is 0.124 e. The first-order valence-corrected chi connectivity index (χ1v) is 6.89. The third-order valence-electron chi connectivity index (χ3n) is 2.95. The van der Waals surface area contributed by atoms with Gasteiger partial charge in [0.05, 0.1) is 6.61 Å². The van der Waals surface area contributed by atoms with Crippen LogP contribution >= 0.6 is 0 Å². The van der Waals surface area contributed by atoms with Gasteiger partial charge in [0.25, 0.3) is 0 Å². The molecular weight excluding hydrogens is 222 g/mol. The molecule has 0 bridgehead atoms. The number of nitrogens with one attached hydrogen (secondary N) is 1. The summed E-state index contributed by atoms with van der Waals surface area (Å²) in [6.07, 6.45) is 5.32. The first-order valence-electron chi connectivity index (χ1n) is 6.89.